The van der Waals surface area contributed by atoms with Gasteiger partial charge in [-0.3, -0.25) is 25.0 Å². The zero-order chi connectivity index (χ0) is 24.2. The number of carbonyl (C=O) groups is 3. The Bertz CT molecular complexity index is 1320. The summed E-state index contributed by atoms with van der Waals surface area (Å²) in [6.07, 6.45) is 1.31. The van der Waals surface area contributed by atoms with E-state index in [1.807, 2.05) is 0 Å². The number of urea groups is 1. The van der Waals surface area contributed by atoms with E-state index in [4.69, 9.17) is 4.74 Å². The minimum Gasteiger partial charge on any atom is -0.489 e. The third-order valence-electron chi connectivity index (χ3n) is 4.96. The van der Waals surface area contributed by atoms with Crippen LogP contribution in [0.4, 0.5) is 20.6 Å². The lowest BCUT2D eigenvalue weighted by Gasteiger charge is -2.26. The molecule has 34 heavy (non-hydrogen) atoms. The Hall–Kier alpha value is -4.86. The molecule has 170 valence electrons. The van der Waals surface area contributed by atoms with Gasteiger partial charge in [-0.2, -0.15) is 0 Å². The van der Waals surface area contributed by atoms with E-state index in [9.17, 15) is 28.9 Å². The van der Waals surface area contributed by atoms with E-state index in [0.29, 0.717) is 16.9 Å². The summed E-state index contributed by atoms with van der Waals surface area (Å²) in [5.41, 5.74) is 0.447. The van der Waals surface area contributed by atoms with Crippen LogP contribution in [-0.2, 0) is 16.2 Å². The number of imide groups is 2. The lowest BCUT2D eigenvalue weighted by molar-refractivity contribution is -0.384. The first-order valence-electron chi connectivity index (χ1n) is 9.95. The van der Waals surface area contributed by atoms with Crippen molar-refractivity contribution in [2.75, 3.05) is 4.90 Å². The van der Waals surface area contributed by atoms with Crippen molar-refractivity contribution in [1.82, 2.24) is 5.32 Å². The van der Waals surface area contributed by atoms with Crippen LogP contribution in [-0.4, -0.2) is 22.8 Å². The number of ether oxygens (including phenoxy) is 1. The number of barbiturate groups is 1. The average molecular weight is 461 g/mol. The van der Waals surface area contributed by atoms with Gasteiger partial charge in [0.2, 0.25) is 0 Å². The van der Waals surface area contributed by atoms with Gasteiger partial charge in [-0.25, -0.2) is 14.1 Å². The SMILES string of the molecule is O=C1NC(=O)N(c2ccc([N+](=O)[O-])cc2)C(=O)C1=Cc1ccc(OCc2ccccc2F)cc1. The molecule has 9 nitrogen and oxygen atoms in total. The molecule has 3 aromatic rings. The smallest absolute Gasteiger partial charge is 0.335 e. The van der Waals surface area contributed by atoms with Gasteiger partial charge in [0, 0.05) is 17.7 Å². The van der Waals surface area contributed by atoms with Crippen LogP contribution in [0.3, 0.4) is 0 Å². The highest BCUT2D eigenvalue weighted by Gasteiger charge is 2.36. The van der Waals surface area contributed by atoms with Crippen LogP contribution in [0.2, 0.25) is 0 Å². The maximum Gasteiger partial charge on any atom is 0.335 e. The van der Waals surface area contributed by atoms with Gasteiger partial charge >= 0.3 is 6.03 Å². The predicted octanol–water partition coefficient (Wildman–Crippen LogP) is 3.98. The molecular formula is C24H16FN3O6. The predicted molar refractivity (Wildman–Crippen MR) is 119 cm³/mol. The standard InChI is InChI=1S/C24H16FN3O6/c25-21-4-2-1-3-16(21)14-34-19-11-5-15(6-12-19)13-20-22(29)26-24(31)27(23(20)30)17-7-9-18(10-8-17)28(32)33/h1-13H,14H2,(H,26,29,31). The molecule has 1 aliphatic heterocycles. The second kappa shape index (κ2) is 9.33. The number of amides is 4. The topological polar surface area (TPSA) is 119 Å². The highest BCUT2D eigenvalue weighted by Crippen LogP contribution is 2.25. The number of carbonyl (C=O) groups excluding carboxylic acids is 3. The van der Waals surface area contributed by atoms with Gasteiger partial charge in [0.1, 0.15) is 23.7 Å². The second-order valence-corrected chi connectivity index (χ2v) is 7.18. The Morgan fingerprint density at radius 3 is 2.29 bits per heavy atom. The third-order valence-corrected chi connectivity index (χ3v) is 4.96. The largest absolute Gasteiger partial charge is 0.489 e. The number of hydrogen-bond acceptors (Lipinski definition) is 6. The first kappa shape index (κ1) is 22.3. The third kappa shape index (κ3) is 4.65. The number of halogens is 1. The number of nitrogens with zero attached hydrogens (tertiary/aromatic N) is 2. The van der Waals surface area contributed by atoms with Crippen LogP contribution in [0.25, 0.3) is 6.08 Å². The minimum atomic E-state index is -0.960. The van der Waals surface area contributed by atoms with Crippen molar-refractivity contribution in [1.29, 1.82) is 0 Å². The van der Waals surface area contributed by atoms with Crippen molar-refractivity contribution in [2.45, 2.75) is 6.61 Å². The summed E-state index contributed by atoms with van der Waals surface area (Å²) in [6.45, 7) is 0.0281. The Morgan fingerprint density at radius 1 is 0.971 bits per heavy atom. The Morgan fingerprint density at radius 2 is 1.65 bits per heavy atom. The molecule has 1 heterocycles. The number of non-ortho nitro benzene ring substituents is 1. The highest BCUT2D eigenvalue weighted by molar-refractivity contribution is 6.39. The molecule has 4 rings (SSSR count). The number of nitro benzene ring substituents is 1. The van der Waals surface area contributed by atoms with E-state index in [0.717, 1.165) is 17.0 Å². The number of benzene rings is 3. The number of hydrogen-bond donors (Lipinski definition) is 1. The zero-order valence-corrected chi connectivity index (χ0v) is 17.4. The first-order valence-corrected chi connectivity index (χ1v) is 9.95. The molecule has 1 N–H and O–H groups in total. The fourth-order valence-electron chi connectivity index (χ4n) is 3.22. The summed E-state index contributed by atoms with van der Waals surface area (Å²) in [5.74, 6) is -1.67. The molecular weight excluding hydrogens is 445 g/mol. The molecule has 0 unspecified atom stereocenters. The summed E-state index contributed by atoms with van der Waals surface area (Å²) in [5, 5.41) is 12.9. The van der Waals surface area contributed by atoms with Gasteiger partial charge < -0.3 is 4.74 Å². The summed E-state index contributed by atoms with van der Waals surface area (Å²) in [7, 11) is 0. The minimum absolute atomic E-state index is 0.0281. The van der Waals surface area contributed by atoms with Gasteiger partial charge in [-0.1, -0.05) is 30.3 Å². The van der Waals surface area contributed by atoms with Crippen molar-refractivity contribution in [3.8, 4) is 5.75 Å². The van der Waals surface area contributed by atoms with Gasteiger partial charge in [0.15, 0.2) is 0 Å². The van der Waals surface area contributed by atoms with E-state index in [1.165, 1.54) is 24.3 Å². The van der Waals surface area contributed by atoms with Crippen LogP contribution in [0.5, 0.6) is 5.75 Å². The highest BCUT2D eigenvalue weighted by atomic mass is 19.1. The van der Waals surface area contributed by atoms with E-state index in [2.05, 4.69) is 5.32 Å². The molecule has 3 aromatic carbocycles. The van der Waals surface area contributed by atoms with E-state index < -0.39 is 22.8 Å². The molecule has 1 saturated heterocycles. The quantitative estimate of drug-likeness (QED) is 0.257. The molecule has 0 spiro atoms. The molecule has 0 bridgehead atoms. The van der Waals surface area contributed by atoms with Crippen LogP contribution in [0.1, 0.15) is 11.1 Å². The van der Waals surface area contributed by atoms with Crippen LogP contribution in [0.15, 0.2) is 78.4 Å². The Balaban J connectivity index is 1.52. The maximum absolute atomic E-state index is 13.7. The summed E-state index contributed by atoms with van der Waals surface area (Å²) >= 11 is 0. The van der Waals surface area contributed by atoms with Gasteiger partial charge in [-0.15, -0.1) is 0 Å². The fourth-order valence-corrected chi connectivity index (χ4v) is 3.22. The number of anilines is 1. The molecule has 1 fully saturated rings. The second-order valence-electron chi connectivity index (χ2n) is 7.18. The summed E-state index contributed by atoms with van der Waals surface area (Å²) in [4.78, 5) is 48.4. The molecule has 0 atom stereocenters. The van der Waals surface area contributed by atoms with E-state index in [1.54, 1.807) is 42.5 Å². The van der Waals surface area contributed by atoms with Crippen LogP contribution < -0.4 is 15.0 Å². The van der Waals surface area contributed by atoms with Crippen molar-refractivity contribution in [3.63, 3.8) is 0 Å². The summed E-state index contributed by atoms with van der Waals surface area (Å²) < 4.78 is 19.3. The molecule has 1 aliphatic rings. The summed E-state index contributed by atoms with van der Waals surface area (Å²) in [6, 6.07) is 16.4. The number of nitrogens with one attached hydrogen (secondary N) is 1. The van der Waals surface area contributed by atoms with Crippen molar-refractivity contribution >= 4 is 35.3 Å². The van der Waals surface area contributed by atoms with Gasteiger partial charge in [0.05, 0.1) is 10.6 Å². The molecule has 0 aromatic heterocycles. The molecule has 0 radical (unpaired) electrons. The molecule has 0 saturated carbocycles. The van der Waals surface area contributed by atoms with Gasteiger partial charge in [0.25, 0.3) is 17.5 Å². The van der Waals surface area contributed by atoms with Gasteiger partial charge in [-0.05, 0) is 42.0 Å². The lowest BCUT2D eigenvalue weighted by Crippen LogP contribution is -2.54. The number of rotatable bonds is 6. The van der Waals surface area contributed by atoms with Crippen LogP contribution in [0, 0.1) is 15.9 Å². The number of nitro groups is 1. The normalized spacial score (nSPS) is 14.8. The fraction of sp³-hybridized carbons (Fsp3) is 0.0417. The first-order chi connectivity index (χ1) is 16.3. The van der Waals surface area contributed by atoms with Crippen molar-refractivity contribution in [2.24, 2.45) is 0 Å². The van der Waals surface area contributed by atoms with Crippen molar-refractivity contribution in [3.05, 3.63) is 105 Å². The Labute approximate surface area is 192 Å². The molecule has 0 aliphatic carbocycles. The molecule has 10 heteroatoms. The Kier molecular flexibility index (Phi) is 6.13. The van der Waals surface area contributed by atoms with E-state index in [-0.39, 0.29) is 29.4 Å². The van der Waals surface area contributed by atoms with E-state index >= 15 is 0 Å². The zero-order valence-electron chi connectivity index (χ0n) is 17.4. The lowest BCUT2D eigenvalue weighted by atomic mass is 10.1. The monoisotopic (exact) mass is 461 g/mol. The molecule has 4 amide bonds. The van der Waals surface area contributed by atoms with Crippen molar-refractivity contribution < 1.29 is 28.4 Å². The van der Waals surface area contributed by atoms with Crippen LogP contribution >= 0.6 is 0 Å². The maximum atomic E-state index is 13.7. The average Bonchev–Trinajstić information content (AvgIpc) is 2.82.